The lowest BCUT2D eigenvalue weighted by Gasteiger charge is -2.18. The third-order valence-corrected chi connectivity index (χ3v) is 4.52. The Hall–Kier alpha value is -2.68. The summed E-state index contributed by atoms with van der Waals surface area (Å²) >= 11 is 0. The number of allylic oxidation sites excluding steroid dienone is 1. The molecule has 3 aromatic rings. The highest BCUT2D eigenvalue weighted by atomic mass is 16.1. The van der Waals surface area contributed by atoms with Crippen LogP contribution in [0.5, 0.6) is 0 Å². The lowest BCUT2D eigenvalue weighted by atomic mass is 9.90. The lowest BCUT2D eigenvalue weighted by Crippen LogP contribution is -2.24. The number of fused-ring (bicyclic) bond motifs is 2. The summed E-state index contributed by atoms with van der Waals surface area (Å²) in [6.45, 7) is 2.11. The molecule has 1 aliphatic carbocycles. The predicted octanol–water partition coefficient (Wildman–Crippen LogP) is 3.88. The first-order chi connectivity index (χ1) is 11.2. The molecule has 0 spiro atoms. The molecule has 0 radical (unpaired) electrons. The summed E-state index contributed by atoms with van der Waals surface area (Å²) in [6, 6.07) is 14.0. The summed E-state index contributed by atoms with van der Waals surface area (Å²) in [5.74, 6) is 0. The second-order valence-corrected chi connectivity index (χ2v) is 6.05. The number of hydrogen-bond acceptors (Lipinski definition) is 2. The summed E-state index contributed by atoms with van der Waals surface area (Å²) in [4.78, 5) is 17.5. The maximum Gasteiger partial charge on any atom is 0.261 e. The van der Waals surface area contributed by atoms with Crippen molar-refractivity contribution in [3.05, 3.63) is 81.4 Å². The molecule has 0 saturated heterocycles. The van der Waals surface area contributed by atoms with Crippen molar-refractivity contribution in [2.75, 3.05) is 0 Å². The van der Waals surface area contributed by atoms with Crippen molar-refractivity contribution in [1.29, 1.82) is 0 Å². The van der Waals surface area contributed by atoms with Crippen LogP contribution >= 0.6 is 0 Å². The van der Waals surface area contributed by atoms with E-state index in [1.807, 2.05) is 30.3 Å². The number of aromatic nitrogens is 2. The fourth-order valence-electron chi connectivity index (χ4n) is 3.27. The zero-order chi connectivity index (χ0) is 15.8. The highest BCUT2D eigenvalue weighted by molar-refractivity contribution is 5.83. The molecular formula is C20H18N2O. The van der Waals surface area contributed by atoms with E-state index in [0.29, 0.717) is 5.65 Å². The first-order valence-corrected chi connectivity index (χ1v) is 8.01. The molecule has 0 saturated carbocycles. The molecule has 0 N–H and O–H groups in total. The molecule has 0 atom stereocenters. The van der Waals surface area contributed by atoms with Crippen molar-refractivity contribution >= 4 is 17.3 Å². The van der Waals surface area contributed by atoms with Gasteiger partial charge >= 0.3 is 0 Å². The van der Waals surface area contributed by atoms with E-state index in [4.69, 9.17) is 4.98 Å². The molecule has 0 aliphatic heterocycles. The average molecular weight is 302 g/mol. The minimum absolute atomic E-state index is 0.0704. The van der Waals surface area contributed by atoms with Crippen molar-refractivity contribution in [1.82, 2.24) is 9.38 Å². The molecule has 0 bridgehead atoms. The van der Waals surface area contributed by atoms with Gasteiger partial charge in [0.25, 0.3) is 5.56 Å². The predicted molar refractivity (Wildman–Crippen MR) is 93.5 cm³/mol. The smallest absolute Gasteiger partial charge is 0.261 e. The molecule has 2 heterocycles. The zero-order valence-corrected chi connectivity index (χ0v) is 13.1. The van der Waals surface area contributed by atoms with Crippen LogP contribution in [0, 0.1) is 6.92 Å². The Morgan fingerprint density at radius 1 is 1.09 bits per heavy atom. The summed E-state index contributed by atoms with van der Waals surface area (Å²) in [5.41, 5.74) is 6.13. The standard InChI is InChI=1S/C20H18N2O/c1-14-7-2-3-8-15(14)13-16-9-6-10-17-19(16)21-18-11-4-5-12-22(18)20(17)23/h2-5,7-8,11-13H,6,9-10H2,1H3. The third kappa shape index (κ3) is 2.38. The fourth-order valence-corrected chi connectivity index (χ4v) is 3.27. The summed E-state index contributed by atoms with van der Waals surface area (Å²) in [6.07, 6.45) is 6.77. The van der Waals surface area contributed by atoms with Crippen molar-refractivity contribution in [3.63, 3.8) is 0 Å². The molecule has 114 valence electrons. The lowest BCUT2D eigenvalue weighted by molar-refractivity contribution is 0.787. The number of nitrogens with zero attached hydrogens (tertiary/aromatic N) is 2. The molecule has 2 aromatic heterocycles. The monoisotopic (exact) mass is 302 g/mol. The topological polar surface area (TPSA) is 34.4 Å². The van der Waals surface area contributed by atoms with Crippen LogP contribution in [0.3, 0.4) is 0 Å². The minimum atomic E-state index is 0.0704. The van der Waals surface area contributed by atoms with E-state index < -0.39 is 0 Å². The molecule has 1 aliphatic rings. The normalized spacial score (nSPS) is 15.8. The molecule has 0 amide bonds. The van der Waals surface area contributed by atoms with Crippen LogP contribution in [0.2, 0.25) is 0 Å². The quantitative estimate of drug-likeness (QED) is 0.683. The Morgan fingerprint density at radius 2 is 1.91 bits per heavy atom. The van der Waals surface area contributed by atoms with Gasteiger partial charge in [-0.3, -0.25) is 9.20 Å². The number of benzene rings is 1. The van der Waals surface area contributed by atoms with Gasteiger partial charge in [-0.2, -0.15) is 0 Å². The Kier molecular flexibility index (Phi) is 3.34. The Balaban J connectivity index is 1.95. The number of pyridine rings is 1. The van der Waals surface area contributed by atoms with Gasteiger partial charge in [0.05, 0.1) is 5.69 Å². The van der Waals surface area contributed by atoms with E-state index in [-0.39, 0.29) is 5.56 Å². The summed E-state index contributed by atoms with van der Waals surface area (Å²) in [5, 5.41) is 0. The van der Waals surface area contributed by atoms with Gasteiger partial charge in [0.2, 0.25) is 0 Å². The van der Waals surface area contributed by atoms with Gasteiger partial charge < -0.3 is 0 Å². The maximum absolute atomic E-state index is 12.7. The molecule has 23 heavy (non-hydrogen) atoms. The van der Waals surface area contributed by atoms with Gasteiger partial charge in [-0.05, 0) is 61.1 Å². The molecular weight excluding hydrogens is 284 g/mol. The second kappa shape index (κ2) is 5.51. The SMILES string of the molecule is Cc1ccccc1C=C1CCCc2c1nc1ccccn1c2=O. The highest BCUT2D eigenvalue weighted by Gasteiger charge is 2.20. The van der Waals surface area contributed by atoms with Crippen molar-refractivity contribution in [2.45, 2.75) is 26.2 Å². The largest absolute Gasteiger partial charge is 0.269 e. The van der Waals surface area contributed by atoms with Crippen molar-refractivity contribution in [2.24, 2.45) is 0 Å². The zero-order valence-electron chi connectivity index (χ0n) is 13.1. The number of rotatable bonds is 1. The highest BCUT2D eigenvalue weighted by Crippen LogP contribution is 2.30. The molecule has 0 fully saturated rings. The van der Waals surface area contributed by atoms with Crippen LogP contribution in [-0.4, -0.2) is 9.38 Å². The van der Waals surface area contributed by atoms with E-state index >= 15 is 0 Å². The van der Waals surface area contributed by atoms with E-state index in [0.717, 1.165) is 30.5 Å². The molecule has 1 aromatic carbocycles. The first kappa shape index (κ1) is 13.9. The van der Waals surface area contributed by atoms with Crippen LogP contribution in [-0.2, 0) is 6.42 Å². The van der Waals surface area contributed by atoms with E-state index in [1.54, 1.807) is 10.6 Å². The maximum atomic E-state index is 12.7. The minimum Gasteiger partial charge on any atom is -0.269 e. The number of hydrogen-bond donors (Lipinski definition) is 0. The van der Waals surface area contributed by atoms with Crippen LogP contribution in [0.25, 0.3) is 17.3 Å². The van der Waals surface area contributed by atoms with Crippen molar-refractivity contribution < 1.29 is 0 Å². The van der Waals surface area contributed by atoms with E-state index in [1.165, 1.54) is 16.7 Å². The van der Waals surface area contributed by atoms with Gasteiger partial charge in [0.15, 0.2) is 0 Å². The van der Waals surface area contributed by atoms with Crippen LogP contribution in [0.15, 0.2) is 53.5 Å². The Morgan fingerprint density at radius 3 is 2.78 bits per heavy atom. The van der Waals surface area contributed by atoms with Gasteiger partial charge in [-0.25, -0.2) is 4.98 Å². The van der Waals surface area contributed by atoms with Gasteiger partial charge in [0.1, 0.15) is 5.65 Å². The van der Waals surface area contributed by atoms with Gasteiger partial charge in [0, 0.05) is 11.8 Å². The fraction of sp³-hybridized carbons (Fsp3) is 0.200. The van der Waals surface area contributed by atoms with Crippen molar-refractivity contribution in [3.8, 4) is 0 Å². The molecule has 3 heteroatoms. The molecule has 3 nitrogen and oxygen atoms in total. The third-order valence-electron chi connectivity index (χ3n) is 4.52. The van der Waals surface area contributed by atoms with Crippen LogP contribution in [0.1, 0.15) is 35.2 Å². The summed E-state index contributed by atoms with van der Waals surface area (Å²) in [7, 11) is 0. The van der Waals surface area contributed by atoms with Crippen LogP contribution in [0.4, 0.5) is 0 Å². The first-order valence-electron chi connectivity index (χ1n) is 8.01. The van der Waals surface area contributed by atoms with Crippen LogP contribution < -0.4 is 5.56 Å². The van der Waals surface area contributed by atoms with Gasteiger partial charge in [-0.15, -0.1) is 0 Å². The Bertz CT molecular complexity index is 982. The summed E-state index contributed by atoms with van der Waals surface area (Å²) < 4.78 is 1.65. The van der Waals surface area contributed by atoms with E-state index in [2.05, 4.69) is 25.1 Å². The second-order valence-electron chi connectivity index (χ2n) is 6.05. The average Bonchev–Trinajstić information content (AvgIpc) is 2.58. The van der Waals surface area contributed by atoms with Gasteiger partial charge in [-0.1, -0.05) is 30.3 Å². The molecule has 4 rings (SSSR count). The van der Waals surface area contributed by atoms with E-state index in [9.17, 15) is 4.79 Å². The molecule has 0 unspecified atom stereocenters. The Labute approximate surface area is 134 Å². The number of aryl methyl sites for hydroxylation is 1.